The number of amides is 2. The summed E-state index contributed by atoms with van der Waals surface area (Å²) in [4.78, 5) is 27.3. The second kappa shape index (κ2) is 10.9. The molecular weight excluding hydrogens is 447 g/mol. The first-order chi connectivity index (χ1) is 15.6. The fourth-order valence-electron chi connectivity index (χ4n) is 4.53. The highest BCUT2D eigenvalue weighted by molar-refractivity contribution is 7.86. The molecule has 1 atom stereocenters. The molecule has 0 aromatic heterocycles. The number of halogens is 1. The molecule has 1 aromatic rings. The predicted octanol–water partition coefficient (Wildman–Crippen LogP) is 2.23. The lowest BCUT2D eigenvalue weighted by Crippen LogP contribution is -2.59. The number of hydrogen-bond donors (Lipinski definition) is 1. The fraction of sp³-hybridized carbons (Fsp3) is 0.652. The first-order valence-electron chi connectivity index (χ1n) is 11.7. The Morgan fingerprint density at radius 1 is 1.06 bits per heavy atom. The summed E-state index contributed by atoms with van der Waals surface area (Å²) in [6.07, 6.45) is 5.00. The Bertz CT molecular complexity index is 942. The van der Waals surface area contributed by atoms with Crippen LogP contribution in [-0.2, 0) is 15.0 Å². The molecule has 8 nitrogen and oxygen atoms in total. The normalized spacial score (nSPS) is 19.6. The molecule has 1 unspecified atom stereocenters. The topological polar surface area (TPSA) is 90.0 Å². The number of nitrogens with zero attached hydrogens (tertiary/aromatic N) is 3. The monoisotopic (exact) mass is 482 g/mol. The molecular formula is C23H35FN4O4S. The van der Waals surface area contributed by atoms with Gasteiger partial charge >= 0.3 is 0 Å². The van der Waals surface area contributed by atoms with Crippen molar-refractivity contribution in [3.05, 3.63) is 35.6 Å². The summed E-state index contributed by atoms with van der Waals surface area (Å²) in [5.74, 6) is -1.79. The van der Waals surface area contributed by atoms with Gasteiger partial charge in [-0.05, 0) is 30.9 Å². The summed E-state index contributed by atoms with van der Waals surface area (Å²) in [7, 11) is -1.94. The van der Waals surface area contributed by atoms with Crippen LogP contribution in [0.2, 0.25) is 0 Å². The van der Waals surface area contributed by atoms with Gasteiger partial charge in [0, 0.05) is 39.3 Å². The summed E-state index contributed by atoms with van der Waals surface area (Å²) in [6, 6.07) is 4.84. The van der Waals surface area contributed by atoms with Gasteiger partial charge in [0.25, 0.3) is 16.1 Å². The van der Waals surface area contributed by atoms with Crippen LogP contribution in [0, 0.1) is 11.7 Å². The third-order valence-corrected chi connectivity index (χ3v) is 8.71. The maximum Gasteiger partial charge on any atom is 0.282 e. The molecule has 0 bridgehead atoms. The summed E-state index contributed by atoms with van der Waals surface area (Å²) < 4.78 is 43.1. The highest BCUT2D eigenvalue weighted by Gasteiger charge is 2.37. The van der Waals surface area contributed by atoms with E-state index in [1.54, 1.807) is 18.0 Å². The van der Waals surface area contributed by atoms with Crippen LogP contribution in [0.15, 0.2) is 24.3 Å². The highest BCUT2D eigenvalue weighted by Crippen LogP contribution is 2.25. The Morgan fingerprint density at radius 2 is 1.67 bits per heavy atom. The van der Waals surface area contributed by atoms with Crippen molar-refractivity contribution in [2.75, 3.05) is 33.2 Å². The molecule has 10 heteroatoms. The summed E-state index contributed by atoms with van der Waals surface area (Å²) in [6.45, 7) is 4.52. The minimum absolute atomic E-state index is 0.0299. The van der Waals surface area contributed by atoms with Gasteiger partial charge in [-0.15, -0.1) is 0 Å². The molecule has 3 rings (SSSR count). The second-order valence-corrected chi connectivity index (χ2v) is 11.2. The maximum absolute atomic E-state index is 14.0. The zero-order chi connectivity index (χ0) is 24.2. The zero-order valence-electron chi connectivity index (χ0n) is 19.7. The first-order valence-corrected chi connectivity index (χ1v) is 13.1. The van der Waals surface area contributed by atoms with Gasteiger partial charge in [0.15, 0.2) is 0 Å². The second-order valence-electron chi connectivity index (χ2n) is 9.22. The average Bonchev–Trinajstić information content (AvgIpc) is 2.82. The van der Waals surface area contributed by atoms with Gasteiger partial charge in [-0.25, -0.2) is 4.39 Å². The van der Waals surface area contributed by atoms with Crippen LogP contribution in [0.3, 0.4) is 0 Å². The van der Waals surface area contributed by atoms with E-state index in [1.165, 1.54) is 26.8 Å². The van der Waals surface area contributed by atoms with Crippen molar-refractivity contribution in [2.45, 2.75) is 58.0 Å². The molecule has 1 aliphatic heterocycles. The SMILES string of the molecule is CC(C)C(NC(=O)c1ccccc1F)C(=O)N1CCN(S(=O)(=O)N(C)C2CCCCC2)CC1. The lowest BCUT2D eigenvalue weighted by molar-refractivity contribution is -0.135. The zero-order valence-corrected chi connectivity index (χ0v) is 20.5. The van der Waals surface area contributed by atoms with Crippen LogP contribution >= 0.6 is 0 Å². The van der Waals surface area contributed by atoms with Crippen molar-refractivity contribution in [3.8, 4) is 0 Å². The molecule has 2 fully saturated rings. The Hall–Kier alpha value is -2.04. The molecule has 1 N–H and O–H groups in total. The van der Waals surface area contributed by atoms with Crippen LogP contribution in [0.25, 0.3) is 0 Å². The van der Waals surface area contributed by atoms with E-state index >= 15 is 0 Å². The van der Waals surface area contributed by atoms with E-state index in [0.717, 1.165) is 32.1 Å². The molecule has 1 aliphatic carbocycles. The molecule has 1 heterocycles. The van der Waals surface area contributed by atoms with Crippen LogP contribution < -0.4 is 5.32 Å². The molecule has 1 saturated carbocycles. The van der Waals surface area contributed by atoms with Gasteiger partial charge in [-0.1, -0.05) is 45.2 Å². The van der Waals surface area contributed by atoms with Crippen molar-refractivity contribution >= 4 is 22.0 Å². The third kappa shape index (κ3) is 5.91. The molecule has 0 radical (unpaired) electrons. The summed E-state index contributed by atoms with van der Waals surface area (Å²) in [5.41, 5.74) is -0.113. The molecule has 184 valence electrons. The summed E-state index contributed by atoms with van der Waals surface area (Å²) >= 11 is 0. The molecule has 33 heavy (non-hydrogen) atoms. The van der Waals surface area contributed by atoms with Gasteiger partial charge < -0.3 is 10.2 Å². The maximum atomic E-state index is 14.0. The predicted molar refractivity (Wildman–Crippen MR) is 124 cm³/mol. The van der Waals surface area contributed by atoms with E-state index in [4.69, 9.17) is 0 Å². The average molecular weight is 483 g/mol. The van der Waals surface area contributed by atoms with E-state index < -0.39 is 28.0 Å². The Balaban J connectivity index is 1.61. The largest absolute Gasteiger partial charge is 0.340 e. The minimum atomic E-state index is -3.59. The van der Waals surface area contributed by atoms with Crippen LogP contribution in [0.1, 0.15) is 56.3 Å². The lowest BCUT2D eigenvalue weighted by atomic mass is 9.96. The van der Waals surface area contributed by atoms with Gasteiger partial charge in [-0.2, -0.15) is 17.0 Å². The quantitative estimate of drug-likeness (QED) is 0.645. The van der Waals surface area contributed by atoms with Gasteiger partial charge in [0.1, 0.15) is 11.9 Å². The lowest BCUT2D eigenvalue weighted by Gasteiger charge is -2.39. The van der Waals surface area contributed by atoms with E-state index in [0.29, 0.717) is 0 Å². The molecule has 1 aromatic carbocycles. The number of nitrogens with one attached hydrogen (secondary N) is 1. The number of rotatable bonds is 7. The van der Waals surface area contributed by atoms with Crippen molar-refractivity contribution in [2.24, 2.45) is 5.92 Å². The smallest absolute Gasteiger partial charge is 0.282 e. The van der Waals surface area contributed by atoms with E-state index in [-0.39, 0.29) is 49.6 Å². The third-order valence-electron chi connectivity index (χ3n) is 6.67. The molecule has 1 saturated heterocycles. The van der Waals surface area contributed by atoms with Crippen LogP contribution in [0.4, 0.5) is 4.39 Å². The molecule has 2 amide bonds. The Labute approximate surface area is 196 Å². The van der Waals surface area contributed by atoms with Crippen molar-refractivity contribution in [1.29, 1.82) is 0 Å². The van der Waals surface area contributed by atoms with Crippen molar-refractivity contribution in [3.63, 3.8) is 0 Å². The van der Waals surface area contributed by atoms with E-state index in [2.05, 4.69) is 5.32 Å². The van der Waals surface area contributed by atoms with Crippen molar-refractivity contribution < 1.29 is 22.4 Å². The number of carbonyl (C=O) groups is 2. The van der Waals surface area contributed by atoms with E-state index in [1.807, 2.05) is 13.8 Å². The standard InChI is InChI=1S/C23H35FN4O4S/c1-17(2)21(25-22(29)19-11-7-8-12-20(19)24)23(30)27-13-15-28(16-14-27)33(31,32)26(3)18-9-5-4-6-10-18/h7-8,11-12,17-18,21H,4-6,9-10,13-16H2,1-3H3,(H,25,29). The number of benzene rings is 1. The van der Waals surface area contributed by atoms with Gasteiger partial charge in [0.2, 0.25) is 5.91 Å². The minimum Gasteiger partial charge on any atom is -0.340 e. The van der Waals surface area contributed by atoms with E-state index in [9.17, 15) is 22.4 Å². The first kappa shape index (κ1) is 25.6. The molecule has 0 spiro atoms. The van der Waals surface area contributed by atoms with Gasteiger partial charge in [0.05, 0.1) is 5.56 Å². The Kier molecular flexibility index (Phi) is 8.47. The number of carbonyl (C=O) groups excluding carboxylic acids is 2. The number of hydrogen-bond acceptors (Lipinski definition) is 4. The number of piperazine rings is 1. The van der Waals surface area contributed by atoms with Crippen molar-refractivity contribution in [1.82, 2.24) is 18.8 Å². The van der Waals surface area contributed by atoms with Crippen LogP contribution in [0.5, 0.6) is 0 Å². The Morgan fingerprint density at radius 3 is 2.24 bits per heavy atom. The summed E-state index contributed by atoms with van der Waals surface area (Å²) in [5, 5.41) is 2.66. The molecule has 2 aliphatic rings. The van der Waals surface area contributed by atoms with Crippen LogP contribution in [-0.4, -0.2) is 79.1 Å². The highest BCUT2D eigenvalue weighted by atomic mass is 32.2. The fourth-order valence-corrected chi connectivity index (χ4v) is 6.11. The van der Waals surface area contributed by atoms with Gasteiger partial charge in [-0.3, -0.25) is 9.59 Å².